The van der Waals surface area contributed by atoms with Gasteiger partial charge in [-0.1, -0.05) is 32.9 Å². The van der Waals surface area contributed by atoms with E-state index in [0.29, 0.717) is 24.0 Å². The molecule has 39 heavy (non-hydrogen) atoms. The topological polar surface area (TPSA) is 201 Å². The van der Waals surface area contributed by atoms with E-state index in [2.05, 4.69) is 26.3 Å². The maximum atomic E-state index is 13.6. The normalized spacial score (nSPS) is 21.7. The Hall–Kier alpha value is -4.16. The van der Waals surface area contributed by atoms with Gasteiger partial charge in [-0.05, 0) is 42.9 Å². The number of nitrogens with zero attached hydrogens (tertiary/aromatic N) is 2. The summed E-state index contributed by atoms with van der Waals surface area (Å²) in [7, 11) is 1.48. The molecule has 214 valence electrons. The Morgan fingerprint density at radius 3 is 2.38 bits per heavy atom. The number of nitrogens with two attached hydrogens (primary N) is 2. The standard InChI is InChI=1S/C26H40N8O5/c1-5-18-23(37)30-13-16-8-6-9-17(12-16)22(36)33-21(15(2)3)25(39)34(4)19(10-7-11-29-26(27)28)24(38)31-14-20(35)32-18/h6,8-9,12,15,18-19,21H,5,7,10-11,13-14H2,1-4H3,(H,30,37)(H,31,38)(H,32,35)(H,33,36)(H4,27,28,29). The highest BCUT2D eigenvalue weighted by molar-refractivity contribution is 5.99. The van der Waals surface area contributed by atoms with Crippen LogP contribution >= 0.6 is 0 Å². The summed E-state index contributed by atoms with van der Waals surface area (Å²) in [6, 6.07) is 3.98. The van der Waals surface area contributed by atoms with Gasteiger partial charge in [-0.25, -0.2) is 0 Å². The largest absolute Gasteiger partial charge is 0.370 e. The Morgan fingerprint density at radius 2 is 1.74 bits per heavy atom. The first-order valence-corrected chi connectivity index (χ1v) is 13.0. The highest BCUT2D eigenvalue weighted by atomic mass is 16.2. The number of carbonyl (C=O) groups excluding carboxylic acids is 5. The molecule has 0 saturated carbocycles. The first kappa shape index (κ1) is 31.1. The van der Waals surface area contributed by atoms with Gasteiger partial charge in [-0.2, -0.15) is 0 Å². The molecule has 0 aromatic heterocycles. The van der Waals surface area contributed by atoms with E-state index >= 15 is 0 Å². The van der Waals surface area contributed by atoms with Gasteiger partial charge in [-0.15, -0.1) is 0 Å². The zero-order chi connectivity index (χ0) is 29.1. The van der Waals surface area contributed by atoms with E-state index in [0.717, 1.165) is 0 Å². The third-order valence-electron chi connectivity index (χ3n) is 6.41. The molecule has 3 atom stereocenters. The molecule has 0 spiro atoms. The van der Waals surface area contributed by atoms with Gasteiger partial charge in [0.2, 0.25) is 23.6 Å². The molecule has 0 aliphatic carbocycles. The minimum absolute atomic E-state index is 0.0913. The van der Waals surface area contributed by atoms with Crippen LogP contribution < -0.4 is 32.7 Å². The van der Waals surface area contributed by atoms with E-state index in [1.165, 1.54) is 11.9 Å². The molecule has 0 fully saturated rings. The van der Waals surface area contributed by atoms with Crippen LogP contribution in [0.5, 0.6) is 0 Å². The minimum Gasteiger partial charge on any atom is -0.370 e. The lowest BCUT2D eigenvalue weighted by atomic mass is 10.00. The molecule has 0 radical (unpaired) electrons. The van der Waals surface area contributed by atoms with E-state index in [1.807, 2.05) is 0 Å². The Morgan fingerprint density at radius 1 is 1.05 bits per heavy atom. The van der Waals surface area contributed by atoms with Gasteiger partial charge in [0.1, 0.15) is 18.1 Å². The van der Waals surface area contributed by atoms with Crippen molar-refractivity contribution in [1.29, 1.82) is 0 Å². The predicted octanol–water partition coefficient (Wildman–Crippen LogP) is -1.04. The zero-order valence-corrected chi connectivity index (χ0v) is 23.0. The van der Waals surface area contributed by atoms with Crippen LogP contribution in [0.4, 0.5) is 0 Å². The van der Waals surface area contributed by atoms with Gasteiger partial charge in [0.05, 0.1) is 6.54 Å². The third kappa shape index (κ3) is 9.27. The zero-order valence-electron chi connectivity index (χ0n) is 23.0. The summed E-state index contributed by atoms with van der Waals surface area (Å²) in [5.41, 5.74) is 11.8. The van der Waals surface area contributed by atoms with Crippen molar-refractivity contribution in [2.45, 2.75) is 64.7 Å². The molecule has 0 saturated heterocycles. The maximum Gasteiger partial charge on any atom is 0.251 e. The second-order valence-electron chi connectivity index (χ2n) is 9.77. The van der Waals surface area contributed by atoms with Crippen molar-refractivity contribution in [2.75, 3.05) is 20.1 Å². The van der Waals surface area contributed by atoms with Crippen LogP contribution in [-0.4, -0.2) is 78.7 Å². The molecule has 5 amide bonds. The first-order chi connectivity index (χ1) is 18.4. The fraction of sp³-hybridized carbons (Fsp3) is 0.538. The molecule has 13 heteroatoms. The number of rotatable bonds is 6. The number of aliphatic imine (C=N–C) groups is 1. The Bertz CT molecular complexity index is 1090. The Labute approximate surface area is 228 Å². The summed E-state index contributed by atoms with van der Waals surface area (Å²) in [4.78, 5) is 70.3. The average Bonchev–Trinajstić information content (AvgIpc) is 2.90. The fourth-order valence-electron chi connectivity index (χ4n) is 4.12. The lowest BCUT2D eigenvalue weighted by Gasteiger charge is -2.32. The second kappa shape index (κ2) is 14.7. The quantitative estimate of drug-likeness (QED) is 0.149. The lowest BCUT2D eigenvalue weighted by molar-refractivity contribution is -0.141. The summed E-state index contributed by atoms with van der Waals surface area (Å²) in [5, 5.41) is 10.7. The predicted molar refractivity (Wildman–Crippen MR) is 146 cm³/mol. The number of guanidine groups is 1. The van der Waals surface area contributed by atoms with Gasteiger partial charge in [-0.3, -0.25) is 29.0 Å². The molecule has 2 rings (SSSR count). The number of likely N-dealkylation sites (N-methyl/N-ethyl adjacent to an activating group) is 1. The van der Waals surface area contributed by atoms with Gasteiger partial charge < -0.3 is 37.6 Å². The van der Waals surface area contributed by atoms with Gasteiger partial charge in [0.25, 0.3) is 5.91 Å². The van der Waals surface area contributed by atoms with Crippen molar-refractivity contribution in [3.05, 3.63) is 35.4 Å². The van der Waals surface area contributed by atoms with Crippen LogP contribution in [0.3, 0.4) is 0 Å². The first-order valence-electron chi connectivity index (χ1n) is 13.0. The maximum absolute atomic E-state index is 13.6. The summed E-state index contributed by atoms with van der Waals surface area (Å²) in [6.07, 6.45) is 0.909. The molecule has 1 aliphatic rings. The van der Waals surface area contributed by atoms with Crippen LogP contribution in [0.25, 0.3) is 0 Å². The van der Waals surface area contributed by atoms with Crippen LogP contribution in [0.2, 0.25) is 0 Å². The number of hydrogen-bond acceptors (Lipinski definition) is 6. The van der Waals surface area contributed by atoms with Crippen LogP contribution in [0.15, 0.2) is 29.3 Å². The molecular weight excluding hydrogens is 504 g/mol. The minimum atomic E-state index is -0.967. The molecule has 1 aromatic carbocycles. The summed E-state index contributed by atoms with van der Waals surface area (Å²) >= 11 is 0. The molecule has 1 aliphatic heterocycles. The highest BCUT2D eigenvalue weighted by Crippen LogP contribution is 2.14. The van der Waals surface area contributed by atoms with Crippen molar-refractivity contribution < 1.29 is 24.0 Å². The smallest absolute Gasteiger partial charge is 0.251 e. The van der Waals surface area contributed by atoms with Crippen molar-refractivity contribution >= 4 is 35.5 Å². The summed E-state index contributed by atoms with van der Waals surface area (Å²) in [6.45, 7) is 5.32. The SMILES string of the molecule is CCC1NC(=O)CNC(=O)C(CCCN=C(N)N)N(C)C(=O)C(C(C)C)NC(=O)c2cccc(c2)CNC1=O. The van der Waals surface area contributed by atoms with Crippen LogP contribution in [0, 0.1) is 5.92 Å². The number of amides is 5. The molecule has 1 heterocycles. The molecular formula is C26H40N8O5. The average molecular weight is 545 g/mol. The van der Waals surface area contributed by atoms with E-state index in [4.69, 9.17) is 11.5 Å². The molecule has 8 N–H and O–H groups in total. The lowest BCUT2D eigenvalue weighted by Crippen LogP contribution is -2.57. The molecule has 2 bridgehead atoms. The van der Waals surface area contributed by atoms with Gasteiger partial charge in [0.15, 0.2) is 5.96 Å². The number of nitrogens with one attached hydrogen (secondary N) is 4. The van der Waals surface area contributed by atoms with E-state index in [-0.39, 0.29) is 37.9 Å². The van der Waals surface area contributed by atoms with Gasteiger partial charge in [0, 0.05) is 25.7 Å². The fourth-order valence-corrected chi connectivity index (χ4v) is 4.12. The van der Waals surface area contributed by atoms with Crippen LogP contribution in [-0.2, 0) is 25.7 Å². The highest BCUT2D eigenvalue weighted by Gasteiger charge is 2.34. The van der Waals surface area contributed by atoms with Gasteiger partial charge >= 0.3 is 0 Å². The van der Waals surface area contributed by atoms with Crippen molar-refractivity contribution in [2.24, 2.45) is 22.4 Å². The number of hydrogen-bond donors (Lipinski definition) is 6. The molecule has 13 nitrogen and oxygen atoms in total. The van der Waals surface area contributed by atoms with Crippen LogP contribution in [0.1, 0.15) is 56.0 Å². The van der Waals surface area contributed by atoms with Crippen molar-refractivity contribution in [1.82, 2.24) is 26.2 Å². The van der Waals surface area contributed by atoms with E-state index in [9.17, 15) is 24.0 Å². The summed E-state index contributed by atoms with van der Waals surface area (Å²) in [5.74, 6) is -2.81. The van der Waals surface area contributed by atoms with Crippen molar-refractivity contribution in [3.8, 4) is 0 Å². The number of carbonyl (C=O) groups is 5. The third-order valence-corrected chi connectivity index (χ3v) is 6.41. The van der Waals surface area contributed by atoms with E-state index in [1.54, 1.807) is 45.0 Å². The Kier molecular flexibility index (Phi) is 11.7. The summed E-state index contributed by atoms with van der Waals surface area (Å²) < 4.78 is 0. The van der Waals surface area contributed by atoms with E-state index < -0.39 is 47.7 Å². The molecule has 1 aromatic rings. The molecule has 3 unspecified atom stereocenters. The Balaban J connectivity index is 2.42. The van der Waals surface area contributed by atoms with Crippen molar-refractivity contribution in [3.63, 3.8) is 0 Å². The second-order valence-corrected chi connectivity index (χ2v) is 9.77. The number of fused-ring (bicyclic) bond motifs is 2. The monoisotopic (exact) mass is 544 g/mol. The number of benzene rings is 1.